The van der Waals surface area contributed by atoms with E-state index in [1.807, 2.05) is 60.7 Å². The van der Waals surface area contributed by atoms with Gasteiger partial charge >= 0.3 is 5.97 Å². The van der Waals surface area contributed by atoms with Crippen molar-refractivity contribution < 1.29 is 9.53 Å². The van der Waals surface area contributed by atoms with Crippen LogP contribution in [-0.2, 0) is 4.74 Å². The molecule has 4 rings (SSSR count). The molecule has 0 spiro atoms. The summed E-state index contributed by atoms with van der Waals surface area (Å²) in [5.41, 5.74) is 4.59. The fourth-order valence-corrected chi connectivity index (χ4v) is 2.98. The van der Waals surface area contributed by atoms with Crippen LogP contribution in [0.1, 0.15) is 17.3 Å². The van der Waals surface area contributed by atoms with E-state index in [0.29, 0.717) is 23.5 Å². The molecule has 0 unspecified atom stereocenters. The summed E-state index contributed by atoms with van der Waals surface area (Å²) < 4.78 is 6.92. The number of hydrogen-bond acceptors (Lipinski definition) is 4. The third-order valence-corrected chi connectivity index (χ3v) is 4.15. The third-order valence-electron chi connectivity index (χ3n) is 4.15. The van der Waals surface area contributed by atoms with E-state index < -0.39 is 5.97 Å². The number of ether oxygens (including phenoxy) is 1. The Morgan fingerprint density at radius 3 is 2.27 bits per heavy atom. The number of fused-ring (bicyclic) bond motifs is 1. The summed E-state index contributed by atoms with van der Waals surface area (Å²) >= 11 is 0. The fourth-order valence-electron chi connectivity index (χ4n) is 2.98. The quantitative estimate of drug-likeness (QED) is 0.520. The predicted molar refractivity (Wildman–Crippen MR) is 99.8 cm³/mol. The van der Waals surface area contributed by atoms with E-state index in [1.54, 1.807) is 23.8 Å². The molecule has 0 radical (unpaired) electrons. The van der Waals surface area contributed by atoms with Crippen LogP contribution in [0.25, 0.3) is 28.0 Å². The average Bonchev–Trinajstić information content (AvgIpc) is 3.13. The van der Waals surface area contributed by atoms with Gasteiger partial charge in [0.25, 0.3) is 0 Å². The lowest BCUT2D eigenvalue weighted by Gasteiger charge is -2.11. The van der Waals surface area contributed by atoms with Gasteiger partial charge in [-0.2, -0.15) is 5.10 Å². The zero-order valence-electron chi connectivity index (χ0n) is 14.3. The molecule has 0 aliphatic heterocycles. The zero-order chi connectivity index (χ0) is 17.9. The van der Waals surface area contributed by atoms with Gasteiger partial charge in [-0.05, 0) is 12.5 Å². The lowest BCUT2D eigenvalue weighted by molar-refractivity contribution is 0.0526. The van der Waals surface area contributed by atoms with Gasteiger partial charge in [0.2, 0.25) is 0 Å². The maximum Gasteiger partial charge on any atom is 0.341 e. The van der Waals surface area contributed by atoms with E-state index in [0.717, 1.165) is 16.7 Å². The number of esters is 1. The second-order valence-electron chi connectivity index (χ2n) is 5.77. The molecule has 26 heavy (non-hydrogen) atoms. The van der Waals surface area contributed by atoms with Gasteiger partial charge < -0.3 is 4.74 Å². The summed E-state index contributed by atoms with van der Waals surface area (Å²) in [4.78, 5) is 17.0. The number of carbonyl (C=O) groups is 1. The highest BCUT2D eigenvalue weighted by atomic mass is 16.5. The minimum absolute atomic E-state index is 0.305. The van der Waals surface area contributed by atoms with Crippen LogP contribution in [0.5, 0.6) is 0 Å². The Morgan fingerprint density at radius 2 is 1.62 bits per heavy atom. The van der Waals surface area contributed by atoms with Crippen molar-refractivity contribution in [1.29, 1.82) is 0 Å². The van der Waals surface area contributed by atoms with Crippen LogP contribution in [0, 0.1) is 0 Å². The highest BCUT2D eigenvalue weighted by Gasteiger charge is 2.20. The summed E-state index contributed by atoms with van der Waals surface area (Å²) in [5, 5.41) is 4.52. The molecule has 5 heteroatoms. The maximum atomic E-state index is 12.5. The first-order valence-corrected chi connectivity index (χ1v) is 8.44. The molecule has 0 aliphatic carbocycles. The Kier molecular flexibility index (Phi) is 4.19. The lowest BCUT2D eigenvalue weighted by atomic mass is 10.1. The maximum absolute atomic E-state index is 12.5. The number of hydrogen-bond donors (Lipinski definition) is 0. The molecule has 0 bridgehead atoms. The molecule has 0 saturated heterocycles. The Bertz CT molecular complexity index is 1060. The van der Waals surface area contributed by atoms with Crippen molar-refractivity contribution in [3.63, 3.8) is 0 Å². The number of carbonyl (C=O) groups excluding carboxylic acids is 1. The Balaban J connectivity index is 1.98. The van der Waals surface area contributed by atoms with Crippen molar-refractivity contribution in [2.24, 2.45) is 0 Å². The van der Waals surface area contributed by atoms with Crippen LogP contribution in [0.4, 0.5) is 0 Å². The Hall–Kier alpha value is -3.47. The van der Waals surface area contributed by atoms with Crippen LogP contribution in [0.15, 0.2) is 73.1 Å². The van der Waals surface area contributed by atoms with E-state index in [2.05, 4.69) is 10.1 Å². The van der Waals surface area contributed by atoms with Crippen LogP contribution in [0.2, 0.25) is 0 Å². The molecule has 0 saturated carbocycles. The van der Waals surface area contributed by atoms with E-state index in [4.69, 9.17) is 4.74 Å². The molecular weight excluding hydrogens is 326 g/mol. The first-order valence-electron chi connectivity index (χ1n) is 8.44. The normalized spacial score (nSPS) is 10.8. The minimum atomic E-state index is -0.405. The SMILES string of the molecule is CCOC(=O)c1cnc2c(-c3ccccc3)cnn2c1-c1ccccc1. The van der Waals surface area contributed by atoms with Crippen molar-refractivity contribution in [3.05, 3.63) is 78.6 Å². The molecule has 2 aromatic heterocycles. The molecule has 4 aromatic rings. The standard InChI is InChI=1S/C21H17N3O2/c1-2-26-21(25)18-13-22-20-17(15-9-5-3-6-10-15)14-23-24(20)19(18)16-11-7-4-8-12-16/h3-14H,2H2,1H3. The topological polar surface area (TPSA) is 56.5 Å². The number of nitrogens with zero attached hydrogens (tertiary/aromatic N) is 3. The molecule has 5 nitrogen and oxygen atoms in total. The highest BCUT2D eigenvalue weighted by Crippen LogP contribution is 2.29. The number of aromatic nitrogens is 3. The van der Waals surface area contributed by atoms with Crippen molar-refractivity contribution in [1.82, 2.24) is 14.6 Å². The molecule has 0 amide bonds. The summed E-state index contributed by atoms with van der Waals surface area (Å²) in [6.45, 7) is 2.09. The van der Waals surface area contributed by atoms with E-state index in [-0.39, 0.29) is 0 Å². The molecular formula is C21H17N3O2. The van der Waals surface area contributed by atoms with Gasteiger partial charge in [0.15, 0.2) is 5.65 Å². The summed E-state index contributed by atoms with van der Waals surface area (Å²) in [6.07, 6.45) is 3.35. The van der Waals surface area contributed by atoms with Gasteiger partial charge in [-0.25, -0.2) is 14.3 Å². The van der Waals surface area contributed by atoms with Crippen molar-refractivity contribution >= 4 is 11.6 Å². The minimum Gasteiger partial charge on any atom is -0.462 e. The molecule has 0 fully saturated rings. The highest BCUT2D eigenvalue weighted by molar-refractivity contribution is 5.97. The smallest absolute Gasteiger partial charge is 0.341 e. The largest absolute Gasteiger partial charge is 0.462 e. The van der Waals surface area contributed by atoms with Crippen molar-refractivity contribution in [2.45, 2.75) is 6.92 Å². The van der Waals surface area contributed by atoms with Crippen LogP contribution in [-0.4, -0.2) is 27.2 Å². The Labute approximate surface area is 150 Å². The summed E-state index contributed by atoms with van der Waals surface area (Å²) in [6, 6.07) is 19.6. The van der Waals surface area contributed by atoms with Gasteiger partial charge in [-0.3, -0.25) is 0 Å². The van der Waals surface area contributed by atoms with Gasteiger partial charge in [0.05, 0.1) is 18.5 Å². The van der Waals surface area contributed by atoms with E-state index in [9.17, 15) is 4.79 Å². The lowest BCUT2D eigenvalue weighted by Crippen LogP contribution is -2.11. The number of benzene rings is 2. The van der Waals surface area contributed by atoms with Crippen LogP contribution in [0.3, 0.4) is 0 Å². The van der Waals surface area contributed by atoms with Gasteiger partial charge in [0.1, 0.15) is 5.56 Å². The van der Waals surface area contributed by atoms with Gasteiger partial charge in [-0.1, -0.05) is 60.7 Å². The first-order chi connectivity index (χ1) is 12.8. The monoisotopic (exact) mass is 343 g/mol. The van der Waals surface area contributed by atoms with Gasteiger partial charge in [0, 0.05) is 17.3 Å². The molecule has 0 atom stereocenters. The van der Waals surface area contributed by atoms with Crippen molar-refractivity contribution in [3.8, 4) is 22.4 Å². The molecule has 0 N–H and O–H groups in total. The van der Waals surface area contributed by atoms with Crippen molar-refractivity contribution in [2.75, 3.05) is 6.61 Å². The predicted octanol–water partition coefficient (Wildman–Crippen LogP) is 4.24. The van der Waals surface area contributed by atoms with E-state index >= 15 is 0 Å². The molecule has 2 heterocycles. The fraction of sp³-hybridized carbons (Fsp3) is 0.0952. The van der Waals surface area contributed by atoms with Crippen LogP contribution >= 0.6 is 0 Å². The number of rotatable bonds is 4. The van der Waals surface area contributed by atoms with Crippen LogP contribution < -0.4 is 0 Å². The average molecular weight is 343 g/mol. The summed E-state index contributed by atoms with van der Waals surface area (Å²) in [7, 11) is 0. The van der Waals surface area contributed by atoms with E-state index in [1.165, 1.54) is 0 Å². The second kappa shape index (κ2) is 6.80. The first kappa shape index (κ1) is 16.0. The molecule has 128 valence electrons. The second-order valence-corrected chi connectivity index (χ2v) is 5.77. The summed E-state index contributed by atoms with van der Waals surface area (Å²) in [5.74, 6) is -0.405. The Morgan fingerprint density at radius 1 is 0.962 bits per heavy atom. The molecule has 2 aromatic carbocycles. The molecule has 0 aliphatic rings. The zero-order valence-corrected chi connectivity index (χ0v) is 14.3. The third kappa shape index (κ3) is 2.73. The van der Waals surface area contributed by atoms with Gasteiger partial charge in [-0.15, -0.1) is 0 Å².